The van der Waals surface area contributed by atoms with Gasteiger partial charge in [-0.15, -0.1) is 23.1 Å². The Bertz CT molecular complexity index is 866. The van der Waals surface area contributed by atoms with Crippen LogP contribution in [-0.4, -0.2) is 15.8 Å². The molecular weight excluding hydrogens is 370 g/mol. The van der Waals surface area contributed by atoms with E-state index < -0.39 is 0 Å². The Morgan fingerprint density at radius 3 is 2.72 bits per heavy atom. The maximum atomic E-state index is 12.2. The van der Waals surface area contributed by atoms with Gasteiger partial charge in [-0.05, 0) is 36.3 Å². The monoisotopic (exact) mass is 387 g/mol. The summed E-state index contributed by atoms with van der Waals surface area (Å²) in [5.74, 6) is 0.626. The minimum Gasteiger partial charge on any atom is -0.323 e. The molecule has 0 saturated heterocycles. The number of nitrogens with one attached hydrogen (secondary N) is 2. The van der Waals surface area contributed by atoms with Crippen LogP contribution in [0.2, 0.25) is 0 Å². The van der Waals surface area contributed by atoms with Crippen LogP contribution in [0, 0.1) is 11.3 Å². The van der Waals surface area contributed by atoms with Crippen molar-refractivity contribution < 1.29 is 4.79 Å². The van der Waals surface area contributed by atoms with Gasteiger partial charge in [0, 0.05) is 20.9 Å². The molecule has 1 amide bonds. The third kappa shape index (κ3) is 4.03. The molecule has 1 aliphatic heterocycles. The number of anilines is 1. The zero-order valence-corrected chi connectivity index (χ0v) is 16.3. The van der Waals surface area contributed by atoms with Crippen LogP contribution in [0.25, 0.3) is 0 Å². The first-order valence-electron chi connectivity index (χ1n) is 7.75. The standard InChI is InChI=1S/C18H17N3OS3/c1-18(2)8-12-13(9-19)16(25-14(12)10-24-18)21-17(23)20-15(22)11-6-4-3-5-7-11/h3-7H,8,10H2,1-2H3,(H2,20,21,22,23). The molecule has 0 atom stereocenters. The summed E-state index contributed by atoms with van der Waals surface area (Å²) in [4.78, 5) is 13.4. The quantitative estimate of drug-likeness (QED) is 0.752. The molecule has 4 nitrogen and oxygen atoms in total. The molecule has 2 N–H and O–H groups in total. The van der Waals surface area contributed by atoms with E-state index in [1.54, 1.807) is 35.6 Å². The number of thiocarbonyl (C=S) groups is 1. The fourth-order valence-electron chi connectivity index (χ4n) is 2.66. The Morgan fingerprint density at radius 1 is 1.32 bits per heavy atom. The lowest BCUT2D eigenvalue weighted by molar-refractivity contribution is 0.0977. The molecule has 3 rings (SSSR count). The van der Waals surface area contributed by atoms with E-state index in [4.69, 9.17) is 12.2 Å². The Hall–Kier alpha value is -1.88. The van der Waals surface area contributed by atoms with Crippen molar-refractivity contribution in [2.24, 2.45) is 0 Å². The van der Waals surface area contributed by atoms with Gasteiger partial charge in [0.1, 0.15) is 11.1 Å². The number of hydrogen-bond donors (Lipinski definition) is 2. The SMILES string of the molecule is CC1(C)Cc2c(sc(NC(=S)NC(=O)c3ccccc3)c2C#N)CS1. The van der Waals surface area contributed by atoms with Crippen LogP contribution >= 0.6 is 35.3 Å². The van der Waals surface area contributed by atoms with Crippen molar-refractivity contribution in [2.75, 3.05) is 5.32 Å². The minimum atomic E-state index is -0.269. The number of carbonyl (C=O) groups is 1. The number of thioether (sulfide) groups is 1. The largest absolute Gasteiger partial charge is 0.323 e. The number of fused-ring (bicyclic) bond motifs is 1. The fraction of sp³-hybridized carbons (Fsp3) is 0.278. The van der Waals surface area contributed by atoms with E-state index in [9.17, 15) is 10.1 Å². The smallest absolute Gasteiger partial charge is 0.257 e. The third-order valence-electron chi connectivity index (χ3n) is 3.89. The summed E-state index contributed by atoms with van der Waals surface area (Å²) < 4.78 is 0.124. The molecule has 0 spiro atoms. The summed E-state index contributed by atoms with van der Waals surface area (Å²) in [5, 5.41) is 16.2. The summed E-state index contributed by atoms with van der Waals surface area (Å²) in [6, 6.07) is 11.2. The molecule has 7 heteroatoms. The molecule has 2 aromatic rings. The zero-order chi connectivity index (χ0) is 18.0. The van der Waals surface area contributed by atoms with Crippen LogP contribution in [0.1, 0.15) is 40.2 Å². The number of rotatable bonds is 2. The number of nitrogens with zero attached hydrogens (tertiary/aromatic N) is 1. The molecule has 25 heavy (non-hydrogen) atoms. The van der Waals surface area contributed by atoms with E-state index in [1.807, 2.05) is 17.8 Å². The van der Waals surface area contributed by atoms with Crippen molar-refractivity contribution in [3.8, 4) is 6.07 Å². The molecule has 0 fully saturated rings. The van der Waals surface area contributed by atoms with Crippen molar-refractivity contribution in [3.05, 3.63) is 51.9 Å². The number of benzene rings is 1. The lowest BCUT2D eigenvalue weighted by atomic mass is 9.98. The maximum Gasteiger partial charge on any atom is 0.257 e. The van der Waals surface area contributed by atoms with E-state index in [0.29, 0.717) is 16.1 Å². The van der Waals surface area contributed by atoms with Crippen molar-refractivity contribution in [2.45, 2.75) is 30.8 Å². The molecule has 0 bridgehead atoms. The van der Waals surface area contributed by atoms with Crippen LogP contribution in [0.4, 0.5) is 5.00 Å². The Balaban J connectivity index is 1.75. The topological polar surface area (TPSA) is 64.9 Å². The Morgan fingerprint density at radius 2 is 2.04 bits per heavy atom. The van der Waals surface area contributed by atoms with E-state index in [-0.39, 0.29) is 15.8 Å². The van der Waals surface area contributed by atoms with Gasteiger partial charge in [-0.25, -0.2) is 0 Å². The van der Waals surface area contributed by atoms with Crippen LogP contribution in [0.15, 0.2) is 30.3 Å². The van der Waals surface area contributed by atoms with Gasteiger partial charge in [-0.2, -0.15) is 5.26 Å². The van der Waals surface area contributed by atoms with Crippen molar-refractivity contribution >= 4 is 51.3 Å². The lowest BCUT2D eigenvalue weighted by Gasteiger charge is -2.28. The van der Waals surface area contributed by atoms with E-state index in [0.717, 1.165) is 17.7 Å². The second-order valence-corrected chi connectivity index (χ2v) is 9.52. The summed E-state index contributed by atoms with van der Waals surface area (Å²) in [7, 11) is 0. The summed E-state index contributed by atoms with van der Waals surface area (Å²) in [6.45, 7) is 4.38. The van der Waals surface area contributed by atoms with Gasteiger partial charge < -0.3 is 5.32 Å². The average molecular weight is 388 g/mol. The van der Waals surface area contributed by atoms with Crippen LogP contribution in [-0.2, 0) is 12.2 Å². The highest BCUT2D eigenvalue weighted by atomic mass is 32.2. The van der Waals surface area contributed by atoms with Gasteiger partial charge in [0.15, 0.2) is 5.11 Å². The first kappa shape index (κ1) is 17.9. The van der Waals surface area contributed by atoms with Gasteiger partial charge in [0.2, 0.25) is 0 Å². The third-order valence-corrected chi connectivity index (χ3v) is 6.78. The second kappa shape index (κ2) is 7.16. The molecule has 1 aliphatic rings. The van der Waals surface area contributed by atoms with Crippen molar-refractivity contribution in [1.29, 1.82) is 5.26 Å². The maximum absolute atomic E-state index is 12.2. The van der Waals surface area contributed by atoms with Gasteiger partial charge >= 0.3 is 0 Å². The number of carbonyl (C=O) groups excluding carboxylic acids is 1. The average Bonchev–Trinajstić information content (AvgIpc) is 2.90. The number of amides is 1. The highest BCUT2D eigenvalue weighted by Crippen LogP contribution is 2.45. The number of thiophene rings is 1. The molecular formula is C18H17N3OS3. The molecule has 0 unspecified atom stereocenters. The summed E-state index contributed by atoms with van der Waals surface area (Å²) in [5.41, 5.74) is 2.29. The predicted molar refractivity (Wildman–Crippen MR) is 108 cm³/mol. The molecule has 0 radical (unpaired) electrons. The lowest BCUT2D eigenvalue weighted by Crippen LogP contribution is -2.34. The van der Waals surface area contributed by atoms with Crippen LogP contribution in [0.3, 0.4) is 0 Å². The molecule has 0 aliphatic carbocycles. The highest BCUT2D eigenvalue weighted by molar-refractivity contribution is 8.00. The summed E-state index contributed by atoms with van der Waals surface area (Å²) >= 11 is 8.69. The van der Waals surface area contributed by atoms with E-state index in [2.05, 4.69) is 30.6 Å². The first-order valence-corrected chi connectivity index (χ1v) is 9.96. The van der Waals surface area contributed by atoms with Gasteiger partial charge in [-0.1, -0.05) is 32.0 Å². The minimum absolute atomic E-state index is 0.124. The first-order chi connectivity index (χ1) is 11.9. The van der Waals surface area contributed by atoms with Gasteiger partial charge in [-0.3, -0.25) is 10.1 Å². The fourth-order valence-corrected chi connectivity index (χ4v) is 5.24. The normalized spacial score (nSPS) is 14.9. The van der Waals surface area contributed by atoms with Crippen molar-refractivity contribution in [1.82, 2.24) is 5.32 Å². The molecule has 128 valence electrons. The van der Waals surface area contributed by atoms with E-state index in [1.165, 1.54) is 4.88 Å². The second-order valence-electron chi connectivity index (χ2n) is 6.32. The predicted octanol–water partition coefficient (Wildman–Crippen LogP) is 4.31. The van der Waals surface area contributed by atoms with Gasteiger partial charge in [0.05, 0.1) is 5.56 Å². The Kier molecular flexibility index (Phi) is 5.13. The molecule has 1 aromatic carbocycles. The number of hydrogen-bond acceptors (Lipinski definition) is 5. The van der Waals surface area contributed by atoms with E-state index >= 15 is 0 Å². The summed E-state index contributed by atoms with van der Waals surface area (Å²) in [6.07, 6.45) is 0.858. The van der Waals surface area contributed by atoms with Crippen molar-refractivity contribution in [3.63, 3.8) is 0 Å². The van der Waals surface area contributed by atoms with Gasteiger partial charge in [0.25, 0.3) is 5.91 Å². The molecule has 1 aromatic heterocycles. The number of nitriles is 1. The highest BCUT2D eigenvalue weighted by Gasteiger charge is 2.31. The molecule has 0 saturated carbocycles. The van der Waals surface area contributed by atoms with Crippen LogP contribution in [0.5, 0.6) is 0 Å². The Labute approximate surface area is 160 Å². The van der Waals surface area contributed by atoms with Crippen LogP contribution < -0.4 is 10.6 Å². The molecule has 2 heterocycles. The zero-order valence-electron chi connectivity index (χ0n) is 13.9.